The summed E-state index contributed by atoms with van der Waals surface area (Å²) in [6.45, 7) is 10.2. The number of aryl methyl sites for hydroxylation is 1. The highest BCUT2D eigenvalue weighted by molar-refractivity contribution is 6.13. The lowest BCUT2D eigenvalue weighted by Gasteiger charge is -2.48. The molecule has 1 aromatic rings. The number of amidine groups is 1. The first kappa shape index (κ1) is 19.3. The van der Waals surface area contributed by atoms with Crippen LogP contribution in [0.15, 0.2) is 22.3 Å². The van der Waals surface area contributed by atoms with Gasteiger partial charge in [-0.2, -0.15) is 5.10 Å². The summed E-state index contributed by atoms with van der Waals surface area (Å²) >= 11 is 0. The average Bonchev–Trinajstić information content (AvgIpc) is 3.14. The van der Waals surface area contributed by atoms with Crippen LogP contribution < -0.4 is 10.6 Å². The number of pyridine rings is 1. The number of hydrogen-bond donors (Lipinski definition) is 1. The zero-order chi connectivity index (χ0) is 19.7. The van der Waals surface area contributed by atoms with E-state index in [4.69, 9.17) is 10.7 Å². The SMILES string of the molecule is CCC1CN(c2ccc(C3=NN=C(N)C3)nc2C)CCN1C1CCN(C)CC1. The Balaban J connectivity index is 1.44. The molecule has 0 radical (unpaired) electrons. The average molecular weight is 384 g/mol. The molecule has 7 nitrogen and oxygen atoms in total. The molecule has 1 aromatic heterocycles. The maximum Gasteiger partial charge on any atom is 0.128 e. The molecule has 0 saturated carbocycles. The lowest BCUT2D eigenvalue weighted by atomic mass is 9.98. The van der Waals surface area contributed by atoms with Gasteiger partial charge >= 0.3 is 0 Å². The molecule has 7 heteroatoms. The Morgan fingerprint density at radius 1 is 1.11 bits per heavy atom. The molecule has 1 atom stereocenters. The molecule has 2 saturated heterocycles. The molecule has 0 amide bonds. The first-order valence-electron chi connectivity index (χ1n) is 10.6. The second-order valence-corrected chi connectivity index (χ2v) is 8.40. The van der Waals surface area contributed by atoms with Crippen molar-refractivity contribution in [3.63, 3.8) is 0 Å². The fourth-order valence-corrected chi connectivity index (χ4v) is 4.82. The van der Waals surface area contributed by atoms with E-state index in [1.165, 1.54) is 38.0 Å². The lowest BCUT2D eigenvalue weighted by Crippen LogP contribution is -2.58. The van der Waals surface area contributed by atoms with Crippen molar-refractivity contribution in [2.24, 2.45) is 15.9 Å². The molecule has 4 heterocycles. The van der Waals surface area contributed by atoms with Crippen molar-refractivity contribution < 1.29 is 0 Å². The van der Waals surface area contributed by atoms with Crippen LogP contribution >= 0.6 is 0 Å². The molecule has 0 bridgehead atoms. The van der Waals surface area contributed by atoms with E-state index in [1.54, 1.807) is 0 Å². The van der Waals surface area contributed by atoms with Crippen LogP contribution in [0.25, 0.3) is 0 Å². The van der Waals surface area contributed by atoms with Gasteiger partial charge in [-0.05, 0) is 58.5 Å². The Morgan fingerprint density at radius 3 is 2.54 bits per heavy atom. The van der Waals surface area contributed by atoms with Gasteiger partial charge in [0.1, 0.15) is 5.84 Å². The largest absolute Gasteiger partial charge is 0.385 e. The van der Waals surface area contributed by atoms with E-state index in [-0.39, 0.29) is 0 Å². The first-order valence-corrected chi connectivity index (χ1v) is 10.6. The van der Waals surface area contributed by atoms with Crippen LogP contribution in [0.2, 0.25) is 0 Å². The van der Waals surface area contributed by atoms with Gasteiger partial charge in [-0.15, -0.1) is 5.10 Å². The Labute approximate surface area is 168 Å². The zero-order valence-electron chi connectivity index (χ0n) is 17.4. The standard InChI is InChI=1S/C21H33N7/c1-4-16-14-27(11-12-28(16)17-7-9-26(3)10-8-17)20-6-5-18(23-15(20)2)19-13-21(22)25-24-19/h5-6,16-17H,4,7-14H2,1-3H3,(H2,22,25). The molecular weight excluding hydrogens is 350 g/mol. The van der Waals surface area contributed by atoms with Gasteiger partial charge in [0.25, 0.3) is 0 Å². The smallest absolute Gasteiger partial charge is 0.128 e. The molecule has 2 fully saturated rings. The molecule has 3 aliphatic heterocycles. The summed E-state index contributed by atoms with van der Waals surface area (Å²) in [6.07, 6.45) is 4.39. The number of aromatic nitrogens is 1. The normalized spacial score (nSPS) is 25.1. The maximum absolute atomic E-state index is 5.75. The summed E-state index contributed by atoms with van der Waals surface area (Å²) < 4.78 is 0. The summed E-state index contributed by atoms with van der Waals surface area (Å²) in [7, 11) is 2.24. The third-order valence-corrected chi connectivity index (χ3v) is 6.50. The van der Waals surface area contributed by atoms with Crippen LogP contribution in [0.1, 0.15) is 44.0 Å². The van der Waals surface area contributed by atoms with E-state index < -0.39 is 0 Å². The lowest BCUT2D eigenvalue weighted by molar-refractivity contribution is 0.0702. The van der Waals surface area contributed by atoms with Crippen LogP contribution in [0.3, 0.4) is 0 Å². The van der Waals surface area contributed by atoms with Crippen molar-refractivity contribution in [1.82, 2.24) is 14.8 Å². The van der Waals surface area contributed by atoms with Gasteiger partial charge in [0.2, 0.25) is 0 Å². The molecule has 152 valence electrons. The van der Waals surface area contributed by atoms with Crippen molar-refractivity contribution in [2.45, 2.75) is 51.6 Å². The van der Waals surface area contributed by atoms with E-state index in [0.717, 1.165) is 42.8 Å². The highest BCUT2D eigenvalue weighted by atomic mass is 15.3. The number of anilines is 1. The Bertz CT molecular complexity index is 764. The summed E-state index contributed by atoms with van der Waals surface area (Å²) in [5.41, 5.74) is 9.82. The van der Waals surface area contributed by atoms with Crippen molar-refractivity contribution in [3.05, 3.63) is 23.5 Å². The number of hydrogen-bond acceptors (Lipinski definition) is 7. The minimum Gasteiger partial charge on any atom is -0.385 e. The number of rotatable bonds is 4. The Hall–Kier alpha value is -1.99. The van der Waals surface area contributed by atoms with E-state index in [1.807, 2.05) is 0 Å². The quantitative estimate of drug-likeness (QED) is 0.859. The van der Waals surface area contributed by atoms with Gasteiger partial charge in [0.05, 0.1) is 29.2 Å². The summed E-state index contributed by atoms with van der Waals surface area (Å²) in [6, 6.07) is 5.64. The molecule has 2 N–H and O–H groups in total. The minimum absolute atomic E-state index is 0.564. The second-order valence-electron chi connectivity index (χ2n) is 8.40. The third kappa shape index (κ3) is 3.91. The van der Waals surface area contributed by atoms with Crippen molar-refractivity contribution in [3.8, 4) is 0 Å². The minimum atomic E-state index is 0.564. The summed E-state index contributed by atoms with van der Waals surface area (Å²) in [4.78, 5) is 12.6. The predicted molar refractivity (Wildman–Crippen MR) is 115 cm³/mol. The van der Waals surface area contributed by atoms with Crippen LogP contribution in [-0.4, -0.2) is 78.2 Å². The van der Waals surface area contributed by atoms with Crippen LogP contribution in [0.5, 0.6) is 0 Å². The number of nitrogens with two attached hydrogens (primary N) is 1. The third-order valence-electron chi connectivity index (χ3n) is 6.50. The van der Waals surface area contributed by atoms with Crippen LogP contribution in [-0.2, 0) is 0 Å². The van der Waals surface area contributed by atoms with E-state index in [0.29, 0.717) is 18.3 Å². The number of piperidine rings is 1. The van der Waals surface area contributed by atoms with Gasteiger partial charge in [-0.25, -0.2) is 4.98 Å². The maximum atomic E-state index is 5.75. The Morgan fingerprint density at radius 2 is 1.89 bits per heavy atom. The van der Waals surface area contributed by atoms with Gasteiger partial charge in [-0.3, -0.25) is 4.90 Å². The van der Waals surface area contributed by atoms with Crippen molar-refractivity contribution in [1.29, 1.82) is 0 Å². The number of likely N-dealkylation sites (tertiary alicyclic amines) is 1. The van der Waals surface area contributed by atoms with E-state index in [2.05, 4.69) is 57.9 Å². The molecular formula is C21H33N7. The molecule has 28 heavy (non-hydrogen) atoms. The van der Waals surface area contributed by atoms with Gasteiger partial charge in [0, 0.05) is 31.7 Å². The zero-order valence-corrected chi connectivity index (χ0v) is 17.4. The Kier molecular flexibility index (Phi) is 5.64. The summed E-state index contributed by atoms with van der Waals surface area (Å²) in [5, 5.41) is 8.09. The van der Waals surface area contributed by atoms with Gasteiger partial charge in [0.15, 0.2) is 0 Å². The fourth-order valence-electron chi connectivity index (χ4n) is 4.82. The van der Waals surface area contributed by atoms with Crippen LogP contribution in [0, 0.1) is 6.92 Å². The monoisotopic (exact) mass is 383 g/mol. The van der Waals surface area contributed by atoms with Crippen molar-refractivity contribution in [2.75, 3.05) is 44.7 Å². The van der Waals surface area contributed by atoms with Gasteiger partial charge in [-0.1, -0.05) is 6.92 Å². The molecule has 0 spiro atoms. The molecule has 0 aliphatic carbocycles. The molecule has 3 aliphatic rings. The first-order chi connectivity index (χ1) is 13.5. The van der Waals surface area contributed by atoms with E-state index >= 15 is 0 Å². The summed E-state index contributed by atoms with van der Waals surface area (Å²) in [5.74, 6) is 0.564. The molecule has 0 aromatic carbocycles. The number of piperazine rings is 1. The van der Waals surface area contributed by atoms with E-state index in [9.17, 15) is 0 Å². The predicted octanol–water partition coefficient (Wildman–Crippen LogP) is 1.85. The fraction of sp³-hybridized carbons (Fsp3) is 0.667. The highest BCUT2D eigenvalue weighted by Crippen LogP contribution is 2.27. The molecule has 4 rings (SSSR count). The molecule has 1 unspecified atom stereocenters. The highest BCUT2D eigenvalue weighted by Gasteiger charge is 2.33. The number of nitrogens with zero attached hydrogens (tertiary/aromatic N) is 6. The van der Waals surface area contributed by atoms with Crippen LogP contribution in [0.4, 0.5) is 5.69 Å². The second kappa shape index (κ2) is 8.17. The van der Waals surface area contributed by atoms with Crippen molar-refractivity contribution >= 4 is 17.2 Å². The van der Waals surface area contributed by atoms with Gasteiger partial charge < -0.3 is 15.5 Å². The topological polar surface area (TPSA) is 73.3 Å².